The molecule has 6 nitrogen and oxygen atoms in total. The summed E-state index contributed by atoms with van der Waals surface area (Å²) in [5.74, 6) is 0.832. The fourth-order valence-corrected chi connectivity index (χ4v) is 2.47. The zero-order valence-corrected chi connectivity index (χ0v) is 15.2. The third-order valence-electron chi connectivity index (χ3n) is 3.45. The van der Waals surface area contributed by atoms with Crippen LogP contribution in [0.3, 0.4) is 0 Å². The molecule has 0 spiro atoms. The first kappa shape index (κ1) is 18.0. The van der Waals surface area contributed by atoms with E-state index in [1.807, 2.05) is 24.3 Å². The highest BCUT2D eigenvalue weighted by Gasteiger charge is 2.12. The second kappa shape index (κ2) is 8.03. The van der Waals surface area contributed by atoms with E-state index < -0.39 is 5.91 Å². The van der Waals surface area contributed by atoms with Gasteiger partial charge in [-0.05, 0) is 36.4 Å². The highest BCUT2D eigenvalue weighted by molar-refractivity contribution is 6.44. The predicted octanol–water partition coefficient (Wildman–Crippen LogP) is 4.79. The van der Waals surface area contributed by atoms with Crippen molar-refractivity contribution in [2.75, 3.05) is 17.7 Å². The number of nitrogens with one attached hydrogen (secondary N) is 2. The van der Waals surface area contributed by atoms with Crippen molar-refractivity contribution in [3.63, 3.8) is 0 Å². The van der Waals surface area contributed by atoms with Crippen LogP contribution in [-0.4, -0.2) is 23.0 Å². The van der Waals surface area contributed by atoms with Crippen LogP contribution in [0.1, 0.15) is 10.5 Å². The van der Waals surface area contributed by atoms with Gasteiger partial charge in [0.2, 0.25) is 0 Å². The molecule has 8 heteroatoms. The minimum Gasteiger partial charge on any atom is -0.497 e. The molecule has 26 heavy (non-hydrogen) atoms. The molecule has 0 atom stereocenters. The minimum absolute atomic E-state index is 0.154. The van der Waals surface area contributed by atoms with Gasteiger partial charge in [-0.25, -0.2) is 9.97 Å². The second-order valence-corrected chi connectivity index (χ2v) is 5.98. The molecule has 3 rings (SSSR count). The lowest BCUT2D eigenvalue weighted by Gasteiger charge is -2.09. The molecular formula is C18H14Cl2N4O2. The Bertz CT molecular complexity index is 915. The van der Waals surface area contributed by atoms with Crippen molar-refractivity contribution in [3.05, 3.63) is 70.6 Å². The van der Waals surface area contributed by atoms with Gasteiger partial charge < -0.3 is 15.4 Å². The topological polar surface area (TPSA) is 76.1 Å². The summed E-state index contributed by atoms with van der Waals surface area (Å²) >= 11 is 12.0. The van der Waals surface area contributed by atoms with Crippen LogP contribution < -0.4 is 15.4 Å². The number of methoxy groups -OCH3 is 1. The molecule has 1 amide bonds. The van der Waals surface area contributed by atoms with Gasteiger partial charge in [0.1, 0.15) is 17.3 Å². The van der Waals surface area contributed by atoms with E-state index in [9.17, 15) is 4.79 Å². The number of hydrogen-bond acceptors (Lipinski definition) is 5. The molecule has 132 valence electrons. The van der Waals surface area contributed by atoms with E-state index in [-0.39, 0.29) is 10.7 Å². The largest absolute Gasteiger partial charge is 0.497 e. The van der Waals surface area contributed by atoms with Gasteiger partial charge in [0.05, 0.1) is 35.2 Å². The summed E-state index contributed by atoms with van der Waals surface area (Å²) in [6.07, 6.45) is 2.85. The van der Waals surface area contributed by atoms with Crippen molar-refractivity contribution in [2.45, 2.75) is 0 Å². The van der Waals surface area contributed by atoms with Crippen LogP contribution in [0.2, 0.25) is 10.0 Å². The van der Waals surface area contributed by atoms with Crippen LogP contribution >= 0.6 is 23.2 Å². The molecule has 2 N–H and O–H groups in total. The molecule has 3 aromatic rings. The fraction of sp³-hybridized carbons (Fsp3) is 0.0556. The summed E-state index contributed by atoms with van der Waals surface area (Å²) in [7, 11) is 1.61. The maximum absolute atomic E-state index is 12.3. The SMILES string of the molecule is COc1ccc(Nc2cnc(C(=O)Nc3cccc(Cl)c3Cl)cn2)cc1. The van der Waals surface area contributed by atoms with Crippen LogP contribution in [0.5, 0.6) is 5.75 Å². The Balaban J connectivity index is 1.68. The Morgan fingerprint density at radius 3 is 2.46 bits per heavy atom. The number of rotatable bonds is 5. The molecule has 0 aliphatic carbocycles. The Hall–Kier alpha value is -2.83. The van der Waals surface area contributed by atoms with Crippen molar-refractivity contribution in [1.82, 2.24) is 9.97 Å². The van der Waals surface area contributed by atoms with Gasteiger partial charge in [0, 0.05) is 5.69 Å². The van der Waals surface area contributed by atoms with Crippen molar-refractivity contribution in [1.29, 1.82) is 0 Å². The number of carbonyl (C=O) groups excluding carboxylic acids is 1. The summed E-state index contributed by atoms with van der Waals surface area (Å²) in [4.78, 5) is 20.6. The molecular weight excluding hydrogens is 375 g/mol. The smallest absolute Gasteiger partial charge is 0.275 e. The van der Waals surface area contributed by atoms with Crippen LogP contribution in [0.4, 0.5) is 17.2 Å². The van der Waals surface area contributed by atoms with Gasteiger partial charge in [-0.2, -0.15) is 0 Å². The monoisotopic (exact) mass is 388 g/mol. The molecule has 0 saturated heterocycles. The summed E-state index contributed by atoms with van der Waals surface area (Å²) < 4.78 is 5.11. The average Bonchev–Trinajstić information content (AvgIpc) is 2.66. The van der Waals surface area contributed by atoms with Crippen LogP contribution in [-0.2, 0) is 0 Å². The van der Waals surface area contributed by atoms with Crippen molar-refractivity contribution in [3.8, 4) is 5.75 Å². The lowest BCUT2D eigenvalue weighted by atomic mass is 10.3. The number of anilines is 3. The Kier molecular flexibility index (Phi) is 5.55. The predicted molar refractivity (Wildman–Crippen MR) is 103 cm³/mol. The first-order valence-corrected chi connectivity index (χ1v) is 8.31. The zero-order valence-electron chi connectivity index (χ0n) is 13.7. The molecule has 0 fully saturated rings. The molecule has 1 heterocycles. The number of amides is 1. The maximum Gasteiger partial charge on any atom is 0.275 e. The lowest BCUT2D eigenvalue weighted by Crippen LogP contribution is -2.14. The van der Waals surface area contributed by atoms with Crippen LogP contribution in [0, 0.1) is 0 Å². The molecule has 0 unspecified atom stereocenters. The van der Waals surface area contributed by atoms with Gasteiger partial charge >= 0.3 is 0 Å². The molecule has 2 aromatic carbocycles. The van der Waals surface area contributed by atoms with Crippen LogP contribution in [0.15, 0.2) is 54.9 Å². The number of ether oxygens (including phenoxy) is 1. The van der Waals surface area contributed by atoms with Gasteiger partial charge in [-0.3, -0.25) is 4.79 Å². The third-order valence-corrected chi connectivity index (χ3v) is 4.27. The fourth-order valence-electron chi connectivity index (χ4n) is 2.12. The number of aromatic nitrogens is 2. The highest BCUT2D eigenvalue weighted by Crippen LogP contribution is 2.29. The van der Waals surface area contributed by atoms with E-state index in [1.54, 1.807) is 25.3 Å². The van der Waals surface area contributed by atoms with Crippen molar-refractivity contribution >= 4 is 46.3 Å². The number of carbonyl (C=O) groups is 1. The van der Waals surface area contributed by atoms with E-state index in [1.165, 1.54) is 12.4 Å². The Labute approximate surface area is 160 Å². The molecule has 0 saturated carbocycles. The standard InChI is InChI=1S/C18H14Cl2N4O2/c1-26-12-7-5-11(6-8-12)23-16-10-21-15(9-22-16)18(25)24-14-4-2-3-13(19)17(14)20/h2-10H,1H3,(H,22,23)(H,24,25). The summed E-state index contributed by atoms with van der Waals surface area (Å²) in [6, 6.07) is 12.3. The van der Waals surface area contributed by atoms with E-state index in [2.05, 4.69) is 20.6 Å². The molecule has 0 radical (unpaired) electrons. The number of nitrogens with zero attached hydrogens (tertiary/aromatic N) is 2. The summed E-state index contributed by atoms with van der Waals surface area (Å²) in [5.41, 5.74) is 1.38. The number of halogens is 2. The van der Waals surface area contributed by atoms with E-state index in [0.29, 0.717) is 16.5 Å². The van der Waals surface area contributed by atoms with Gasteiger partial charge in [0.25, 0.3) is 5.91 Å². The third kappa shape index (κ3) is 4.22. The normalized spacial score (nSPS) is 10.3. The molecule has 0 aliphatic heterocycles. The van der Waals surface area contributed by atoms with Crippen molar-refractivity contribution in [2.24, 2.45) is 0 Å². The van der Waals surface area contributed by atoms with E-state index in [4.69, 9.17) is 27.9 Å². The zero-order chi connectivity index (χ0) is 18.5. The summed E-state index contributed by atoms with van der Waals surface area (Å²) in [5, 5.41) is 6.37. The Morgan fingerprint density at radius 1 is 1.04 bits per heavy atom. The average molecular weight is 389 g/mol. The van der Waals surface area contributed by atoms with Crippen molar-refractivity contribution < 1.29 is 9.53 Å². The first-order valence-electron chi connectivity index (χ1n) is 7.55. The first-order chi connectivity index (χ1) is 12.6. The van der Waals surface area contributed by atoms with Crippen LogP contribution in [0.25, 0.3) is 0 Å². The van der Waals surface area contributed by atoms with E-state index >= 15 is 0 Å². The highest BCUT2D eigenvalue weighted by atomic mass is 35.5. The molecule has 0 aliphatic rings. The summed E-state index contributed by atoms with van der Waals surface area (Å²) in [6.45, 7) is 0. The number of benzene rings is 2. The maximum atomic E-state index is 12.3. The molecule has 0 bridgehead atoms. The lowest BCUT2D eigenvalue weighted by molar-refractivity contribution is 0.102. The minimum atomic E-state index is -0.433. The number of hydrogen-bond donors (Lipinski definition) is 2. The molecule has 1 aromatic heterocycles. The second-order valence-electron chi connectivity index (χ2n) is 5.20. The van der Waals surface area contributed by atoms with Gasteiger partial charge in [-0.15, -0.1) is 0 Å². The van der Waals surface area contributed by atoms with E-state index in [0.717, 1.165) is 11.4 Å². The van der Waals surface area contributed by atoms with Gasteiger partial charge in [-0.1, -0.05) is 29.3 Å². The quantitative estimate of drug-likeness (QED) is 0.656. The Morgan fingerprint density at radius 2 is 1.81 bits per heavy atom. The van der Waals surface area contributed by atoms with Gasteiger partial charge in [0.15, 0.2) is 0 Å².